The lowest BCUT2D eigenvalue weighted by atomic mass is 9.67. The predicted molar refractivity (Wildman–Crippen MR) is 85.7 cm³/mol. The van der Waals surface area contributed by atoms with E-state index in [1.807, 2.05) is 11.3 Å². The first-order valence-electron chi connectivity index (χ1n) is 6.77. The van der Waals surface area contributed by atoms with Crippen molar-refractivity contribution in [3.63, 3.8) is 0 Å². The molecule has 18 heavy (non-hydrogen) atoms. The van der Waals surface area contributed by atoms with Crippen LogP contribution in [0.2, 0.25) is 0 Å². The van der Waals surface area contributed by atoms with Crippen molar-refractivity contribution >= 4 is 38.9 Å². The molecule has 3 atom stereocenters. The van der Waals surface area contributed by atoms with Gasteiger partial charge in [-0.2, -0.15) is 0 Å². The highest BCUT2D eigenvalue weighted by molar-refractivity contribution is 9.11. The van der Waals surface area contributed by atoms with Crippen LogP contribution in [0.3, 0.4) is 0 Å². The van der Waals surface area contributed by atoms with Crippen LogP contribution in [0.1, 0.15) is 44.9 Å². The fourth-order valence-corrected chi connectivity index (χ4v) is 5.71. The Labute approximate surface area is 128 Å². The Morgan fingerprint density at radius 3 is 2.67 bits per heavy atom. The van der Waals surface area contributed by atoms with E-state index in [1.54, 1.807) is 0 Å². The topological polar surface area (TPSA) is 0 Å². The lowest BCUT2D eigenvalue weighted by molar-refractivity contribution is 0.142. The zero-order valence-corrected chi connectivity index (χ0v) is 14.5. The van der Waals surface area contributed by atoms with Crippen LogP contribution in [0.5, 0.6) is 0 Å². The Kier molecular flexibility index (Phi) is 4.83. The second kappa shape index (κ2) is 5.85. The maximum Gasteiger partial charge on any atom is 0.0701 e. The summed E-state index contributed by atoms with van der Waals surface area (Å²) >= 11 is 12.0. The van der Waals surface area contributed by atoms with Crippen molar-refractivity contribution in [2.75, 3.05) is 0 Å². The molecular formula is C15H22BrClS. The van der Waals surface area contributed by atoms with Crippen molar-refractivity contribution in [1.29, 1.82) is 0 Å². The summed E-state index contributed by atoms with van der Waals surface area (Å²) in [6.07, 6.45) is 4.95. The summed E-state index contributed by atoms with van der Waals surface area (Å²) in [5.41, 5.74) is 0.302. The molecule has 0 aliphatic heterocycles. The van der Waals surface area contributed by atoms with Crippen LogP contribution in [0.25, 0.3) is 0 Å². The van der Waals surface area contributed by atoms with Gasteiger partial charge in [-0.15, -0.1) is 22.9 Å². The van der Waals surface area contributed by atoms with Crippen LogP contribution in [0.4, 0.5) is 0 Å². The Morgan fingerprint density at radius 2 is 2.11 bits per heavy atom. The monoisotopic (exact) mass is 348 g/mol. The molecular weight excluding hydrogens is 328 g/mol. The Bertz CT molecular complexity index is 399. The van der Waals surface area contributed by atoms with Crippen molar-refractivity contribution < 1.29 is 0 Å². The van der Waals surface area contributed by atoms with Gasteiger partial charge in [0.1, 0.15) is 0 Å². The van der Waals surface area contributed by atoms with Crippen LogP contribution in [-0.2, 0) is 6.42 Å². The molecule has 0 amide bonds. The van der Waals surface area contributed by atoms with Crippen LogP contribution >= 0.6 is 38.9 Å². The number of rotatable bonds is 3. The molecule has 1 aromatic rings. The molecule has 0 spiro atoms. The highest BCUT2D eigenvalue weighted by Gasteiger charge is 2.38. The van der Waals surface area contributed by atoms with Crippen molar-refractivity contribution in [2.45, 2.75) is 51.8 Å². The van der Waals surface area contributed by atoms with Crippen molar-refractivity contribution in [1.82, 2.24) is 0 Å². The average molecular weight is 350 g/mol. The van der Waals surface area contributed by atoms with Gasteiger partial charge in [-0.1, -0.05) is 27.2 Å². The summed E-state index contributed by atoms with van der Waals surface area (Å²) in [6, 6.07) is 4.39. The fraction of sp³-hybridized carbons (Fsp3) is 0.733. The number of halogens is 2. The summed E-state index contributed by atoms with van der Waals surface area (Å²) in [5, 5.41) is 0.354. The maximum absolute atomic E-state index is 6.63. The van der Waals surface area contributed by atoms with E-state index in [-0.39, 0.29) is 0 Å². The minimum atomic E-state index is 0.302. The third-order valence-corrected chi connectivity index (χ3v) is 6.40. The highest BCUT2D eigenvalue weighted by atomic mass is 79.9. The van der Waals surface area contributed by atoms with E-state index in [1.165, 1.54) is 27.9 Å². The number of hydrogen-bond donors (Lipinski definition) is 0. The first-order chi connectivity index (χ1) is 8.38. The largest absolute Gasteiger partial charge is 0.133 e. The molecule has 1 heterocycles. The molecule has 1 aliphatic rings. The number of alkyl halides is 1. The molecule has 0 nitrogen and oxygen atoms in total. The van der Waals surface area contributed by atoms with Gasteiger partial charge in [-0.25, -0.2) is 0 Å². The smallest absolute Gasteiger partial charge is 0.0701 e. The molecule has 2 rings (SSSR count). The Hall–Kier alpha value is 0.470. The van der Waals surface area contributed by atoms with Crippen LogP contribution in [-0.4, -0.2) is 5.38 Å². The minimum Gasteiger partial charge on any atom is -0.133 e. The lowest BCUT2D eigenvalue weighted by Crippen LogP contribution is -2.37. The SMILES string of the molecule is CC1CCC(C(C)(C)Cc2ccc(Br)s2)C(Cl)C1. The van der Waals surface area contributed by atoms with Gasteiger partial charge >= 0.3 is 0 Å². The van der Waals surface area contributed by atoms with Gasteiger partial charge in [-0.05, 0) is 64.6 Å². The first-order valence-corrected chi connectivity index (χ1v) is 8.81. The molecule has 0 N–H and O–H groups in total. The zero-order valence-electron chi connectivity index (χ0n) is 11.4. The molecule has 102 valence electrons. The van der Waals surface area contributed by atoms with Gasteiger partial charge in [0.2, 0.25) is 0 Å². The summed E-state index contributed by atoms with van der Waals surface area (Å²) in [7, 11) is 0. The molecule has 0 aromatic carbocycles. The fourth-order valence-electron chi connectivity index (χ4n) is 3.22. The standard InChI is InChI=1S/C15H22BrClS/c1-10-4-6-12(13(17)8-10)15(2,3)9-11-5-7-14(16)18-11/h5,7,10,12-13H,4,6,8-9H2,1-3H3. The summed E-state index contributed by atoms with van der Waals surface area (Å²) in [4.78, 5) is 1.47. The molecule has 0 bridgehead atoms. The van der Waals surface area contributed by atoms with Crippen molar-refractivity contribution in [3.8, 4) is 0 Å². The molecule has 1 fully saturated rings. The van der Waals surface area contributed by atoms with Crippen molar-refractivity contribution in [3.05, 3.63) is 20.8 Å². The number of hydrogen-bond acceptors (Lipinski definition) is 1. The van der Waals surface area contributed by atoms with Gasteiger partial charge < -0.3 is 0 Å². The van der Waals surface area contributed by atoms with Gasteiger partial charge in [0.15, 0.2) is 0 Å². The van der Waals surface area contributed by atoms with Crippen LogP contribution in [0.15, 0.2) is 15.9 Å². The first kappa shape index (κ1) is 14.9. The Balaban J connectivity index is 2.05. The van der Waals surface area contributed by atoms with E-state index in [0.717, 1.165) is 12.3 Å². The van der Waals surface area contributed by atoms with Crippen molar-refractivity contribution in [2.24, 2.45) is 17.3 Å². The average Bonchev–Trinajstić information content (AvgIpc) is 2.62. The molecule has 0 radical (unpaired) electrons. The quantitative estimate of drug-likeness (QED) is 0.576. The normalized spacial score (nSPS) is 29.5. The van der Waals surface area contributed by atoms with Gasteiger partial charge in [0.25, 0.3) is 0 Å². The van der Waals surface area contributed by atoms with E-state index in [9.17, 15) is 0 Å². The molecule has 0 saturated heterocycles. The summed E-state index contributed by atoms with van der Waals surface area (Å²) in [5.74, 6) is 1.45. The molecule has 1 aliphatic carbocycles. The van der Waals surface area contributed by atoms with E-state index in [0.29, 0.717) is 16.7 Å². The van der Waals surface area contributed by atoms with Crippen LogP contribution in [0, 0.1) is 17.3 Å². The van der Waals surface area contributed by atoms with Gasteiger partial charge in [0, 0.05) is 10.3 Å². The zero-order chi connectivity index (χ0) is 13.3. The van der Waals surface area contributed by atoms with E-state index in [4.69, 9.17) is 11.6 Å². The third-order valence-electron chi connectivity index (χ3n) is 4.30. The molecule has 1 aromatic heterocycles. The predicted octanol–water partition coefficient (Wildman–Crippen LogP) is 6.12. The maximum atomic E-state index is 6.63. The van der Waals surface area contributed by atoms with E-state index in [2.05, 4.69) is 48.8 Å². The second-order valence-corrected chi connectivity index (χ2v) is 9.52. The van der Waals surface area contributed by atoms with Gasteiger partial charge in [-0.3, -0.25) is 0 Å². The highest BCUT2D eigenvalue weighted by Crippen LogP contribution is 2.45. The summed E-state index contributed by atoms with van der Waals surface area (Å²) < 4.78 is 1.23. The Morgan fingerprint density at radius 1 is 1.39 bits per heavy atom. The number of thiophene rings is 1. The van der Waals surface area contributed by atoms with E-state index < -0.39 is 0 Å². The molecule has 3 unspecified atom stereocenters. The molecule has 1 saturated carbocycles. The van der Waals surface area contributed by atoms with E-state index >= 15 is 0 Å². The second-order valence-electron chi connectivity index (χ2n) is 6.41. The summed E-state index contributed by atoms with van der Waals surface area (Å²) in [6.45, 7) is 7.10. The van der Waals surface area contributed by atoms with Crippen LogP contribution < -0.4 is 0 Å². The molecule has 3 heteroatoms. The minimum absolute atomic E-state index is 0.302. The third kappa shape index (κ3) is 3.52. The lowest BCUT2D eigenvalue weighted by Gasteiger charge is -2.41. The van der Waals surface area contributed by atoms with Gasteiger partial charge in [0.05, 0.1) is 3.79 Å².